The average molecular weight is 94.2 g/mol. The van der Waals surface area contributed by atoms with Crippen LogP contribution >= 0.6 is 0 Å². The molecular formula is C7H10. The fourth-order valence-electron chi connectivity index (χ4n) is 2.78. The zero-order valence-corrected chi connectivity index (χ0v) is 4.65. The molecule has 0 heterocycles. The van der Waals surface area contributed by atoms with E-state index in [9.17, 15) is 0 Å². The molecule has 0 heteroatoms. The van der Waals surface area contributed by atoms with Crippen LogP contribution in [0, 0.1) is 23.2 Å². The third-order valence-electron chi connectivity index (χ3n) is 3.55. The highest BCUT2D eigenvalue weighted by Gasteiger charge is 2.78. The molecule has 0 spiro atoms. The molecule has 0 saturated heterocycles. The van der Waals surface area contributed by atoms with Gasteiger partial charge in [0.2, 0.25) is 0 Å². The first kappa shape index (κ1) is 3.11. The summed E-state index contributed by atoms with van der Waals surface area (Å²) >= 11 is 0. The summed E-state index contributed by atoms with van der Waals surface area (Å²) < 4.78 is 0. The zero-order chi connectivity index (χ0) is 4.65. The Bertz CT molecular complexity index is 131. The van der Waals surface area contributed by atoms with Crippen molar-refractivity contribution in [2.45, 2.75) is 19.8 Å². The van der Waals surface area contributed by atoms with Crippen LogP contribution in [0.4, 0.5) is 0 Å². The van der Waals surface area contributed by atoms with Crippen molar-refractivity contribution >= 4 is 0 Å². The molecule has 3 aliphatic carbocycles. The summed E-state index contributed by atoms with van der Waals surface area (Å²) in [5, 5.41) is 0. The molecule has 0 N–H and O–H groups in total. The van der Waals surface area contributed by atoms with E-state index in [2.05, 4.69) is 6.92 Å². The van der Waals surface area contributed by atoms with Gasteiger partial charge in [-0.05, 0) is 36.0 Å². The summed E-state index contributed by atoms with van der Waals surface area (Å²) in [6, 6.07) is 0. The van der Waals surface area contributed by atoms with Gasteiger partial charge in [-0.2, -0.15) is 0 Å². The molecule has 3 fully saturated rings. The van der Waals surface area contributed by atoms with Crippen molar-refractivity contribution in [2.24, 2.45) is 23.2 Å². The second-order valence-electron chi connectivity index (χ2n) is 3.82. The minimum atomic E-state index is 0.921. The zero-order valence-electron chi connectivity index (χ0n) is 4.65. The van der Waals surface area contributed by atoms with Crippen LogP contribution in [-0.2, 0) is 0 Å². The minimum Gasteiger partial charge on any atom is -0.0591 e. The Morgan fingerprint density at radius 2 is 2.29 bits per heavy atom. The van der Waals surface area contributed by atoms with E-state index in [-0.39, 0.29) is 0 Å². The lowest BCUT2D eigenvalue weighted by Crippen LogP contribution is -2.13. The van der Waals surface area contributed by atoms with Crippen molar-refractivity contribution < 1.29 is 0 Å². The third kappa shape index (κ3) is 0.154. The molecule has 4 atom stereocenters. The molecule has 0 aromatic carbocycles. The van der Waals surface area contributed by atoms with Gasteiger partial charge in [0.15, 0.2) is 0 Å². The molecule has 0 bridgehead atoms. The van der Waals surface area contributed by atoms with E-state index in [0.29, 0.717) is 0 Å². The Morgan fingerprint density at radius 1 is 1.43 bits per heavy atom. The molecule has 3 rings (SSSR count). The first-order chi connectivity index (χ1) is 3.32. The van der Waals surface area contributed by atoms with Crippen molar-refractivity contribution in [2.75, 3.05) is 0 Å². The number of fused-ring (bicyclic) bond motifs is 4. The Labute approximate surface area is 43.9 Å². The van der Waals surface area contributed by atoms with E-state index >= 15 is 0 Å². The topological polar surface area (TPSA) is 0 Å². The van der Waals surface area contributed by atoms with Gasteiger partial charge in [0, 0.05) is 0 Å². The SMILES string of the molecule is CC12CC1C1CC12. The molecule has 0 radical (unpaired) electrons. The summed E-state index contributed by atoms with van der Waals surface area (Å²) in [5.74, 6) is 3.68. The molecule has 3 saturated carbocycles. The van der Waals surface area contributed by atoms with E-state index in [4.69, 9.17) is 0 Å². The lowest BCUT2D eigenvalue weighted by atomic mass is 9.87. The fourth-order valence-corrected chi connectivity index (χ4v) is 2.78. The van der Waals surface area contributed by atoms with Crippen molar-refractivity contribution in [3.8, 4) is 0 Å². The first-order valence-corrected chi connectivity index (χ1v) is 3.32. The summed E-state index contributed by atoms with van der Waals surface area (Å²) in [4.78, 5) is 0. The standard InChI is InChI=1S/C7H10/c1-7-3-6(7)4-2-5(4)7/h4-6H,2-3H2,1H3. The van der Waals surface area contributed by atoms with Crippen LogP contribution < -0.4 is 0 Å². The van der Waals surface area contributed by atoms with E-state index in [1.165, 1.54) is 17.8 Å². The lowest BCUT2D eigenvalue weighted by molar-refractivity contribution is 0.296. The van der Waals surface area contributed by atoms with Crippen LogP contribution in [0.2, 0.25) is 0 Å². The summed E-state index contributed by atoms with van der Waals surface area (Å²) in [5.41, 5.74) is 0.921. The van der Waals surface area contributed by atoms with E-state index in [1.54, 1.807) is 12.8 Å². The highest BCUT2D eigenvalue weighted by molar-refractivity contribution is 5.26. The third-order valence-corrected chi connectivity index (χ3v) is 3.55. The van der Waals surface area contributed by atoms with Gasteiger partial charge < -0.3 is 0 Å². The molecule has 3 aliphatic rings. The normalized spacial score (nSPS) is 81.0. The van der Waals surface area contributed by atoms with Crippen LogP contribution in [0.25, 0.3) is 0 Å². The second-order valence-corrected chi connectivity index (χ2v) is 3.82. The van der Waals surface area contributed by atoms with Crippen molar-refractivity contribution in [3.05, 3.63) is 0 Å². The highest BCUT2D eigenvalue weighted by Crippen LogP contribution is 2.85. The molecule has 7 heavy (non-hydrogen) atoms. The van der Waals surface area contributed by atoms with Crippen LogP contribution in [-0.4, -0.2) is 0 Å². The van der Waals surface area contributed by atoms with Crippen LogP contribution in [0.3, 0.4) is 0 Å². The van der Waals surface area contributed by atoms with Gasteiger partial charge in [0.25, 0.3) is 0 Å². The maximum absolute atomic E-state index is 2.46. The number of rotatable bonds is 0. The average Bonchev–Trinajstić information content (AvgIpc) is 2.38. The van der Waals surface area contributed by atoms with Gasteiger partial charge in [-0.25, -0.2) is 0 Å². The Morgan fingerprint density at radius 3 is 2.43 bits per heavy atom. The number of hydrogen-bond donors (Lipinski definition) is 0. The maximum atomic E-state index is 2.46. The summed E-state index contributed by atoms with van der Waals surface area (Å²) in [7, 11) is 0. The second kappa shape index (κ2) is 0.519. The van der Waals surface area contributed by atoms with Crippen molar-refractivity contribution in [1.29, 1.82) is 0 Å². The van der Waals surface area contributed by atoms with E-state index in [1.807, 2.05) is 0 Å². The van der Waals surface area contributed by atoms with Gasteiger partial charge in [-0.15, -0.1) is 0 Å². The van der Waals surface area contributed by atoms with Gasteiger partial charge in [-0.3, -0.25) is 0 Å². The molecule has 0 aromatic heterocycles. The van der Waals surface area contributed by atoms with Gasteiger partial charge in [-0.1, -0.05) is 6.92 Å². The van der Waals surface area contributed by atoms with E-state index in [0.717, 1.165) is 5.41 Å². The van der Waals surface area contributed by atoms with Crippen molar-refractivity contribution in [3.63, 3.8) is 0 Å². The molecule has 0 amide bonds. The predicted octanol–water partition coefficient (Wildman–Crippen LogP) is 1.66. The van der Waals surface area contributed by atoms with Crippen LogP contribution in [0.1, 0.15) is 19.8 Å². The van der Waals surface area contributed by atoms with E-state index < -0.39 is 0 Å². The van der Waals surface area contributed by atoms with Crippen LogP contribution in [0.5, 0.6) is 0 Å². The summed E-state index contributed by atoms with van der Waals surface area (Å²) in [6.07, 6.45) is 3.18. The highest BCUT2D eigenvalue weighted by atomic mass is 14.8. The fraction of sp³-hybridized carbons (Fsp3) is 1.00. The Balaban J connectivity index is 2.11. The monoisotopic (exact) mass is 94.1 g/mol. The molecule has 0 aliphatic heterocycles. The van der Waals surface area contributed by atoms with Crippen molar-refractivity contribution in [1.82, 2.24) is 0 Å². The maximum Gasteiger partial charge on any atom is -0.0260 e. The Hall–Kier alpha value is 0. The van der Waals surface area contributed by atoms with Gasteiger partial charge >= 0.3 is 0 Å². The van der Waals surface area contributed by atoms with Crippen LogP contribution in [0.15, 0.2) is 0 Å². The lowest BCUT2D eigenvalue weighted by Gasteiger charge is -2.17. The smallest absolute Gasteiger partial charge is 0.0260 e. The molecule has 0 nitrogen and oxygen atoms in total. The minimum absolute atomic E-state index is 0.921. The first-order valence-electron chi connectivity index (χ1n) is 3.32. The molecule has 0 aromatic rings. The Kier molecular flexibility index (Phi) is 0.231. The molecule has 4 unspecified atom stereocenters. The largest absolute Gasteiger partial charge is 0.0591 e. The van der Waals surface area contributed by atoms with Gasteiger partial charge in [0.05, 0.1) is 0 Å². The molecule has 38 valence electrons. The van der Waals surface area contributed by atoms with Gasteiger partial charge in [0.1, 0.15) is 0 Å². The predicted molar refractivity (Wildman–Crippen MR) is 27.8 cm³/mol. The number of hydrogen-bond acceptors (Lipinski definition) is 0. The quantitative estimate of drug-likeness (QED) is 0.428. The molecular weight excluding hydrogens is 84.1 g/mol. The summed E-state index contributed by atoms with van der Waals surface area (Å²) in [6.45, 7) is 2.46.